The molecule has 3 rings (SSSR count). The predicted molar refractivity (Wildman–Crippen MR) is 45.3 cm³/mol. The van der Waals surface area contributed by atoms with Crippen LogP contribution in [0.25, 0.3) is 0 Å². The normalized spacial score (nSPS) is 45.8. The molecule has 3 heterocycles. The van der Waals surface area contributed by atoms with Gasteiger partial charge in [0.2, 0.25) is 0 Å². The van der Waals surface area contributed by atoms with Crippen LogP contribution in [0.4, 0.5) is 0 Å². The Bertz CT molecular complexity index is 148. The number of rotatable bonds is 0. The van der Waals surface area contributed by atoms with E-state index in [1.165, 1.54) is 25.9 Å². The number of quaternary nitrogens is 1. The molecule has 1 heteroatoms. The lowest BCUT2D eigenvalue weighted by atomic mass is 10.0. The number of nitrogens with zero attached hydrogens (tertiary/aromatic N) is 1. The van der Waals surface area contributed by atoms with Crippen LogP contribution in [0.3, 0.4) is 0 Å². The standard InChI is InChI=1S/C10H18N/c1-2-8-11(7-1)9-3-4-10(11)6-5-9/h9-10H,1-8H2/q+1. The summed E-state index contributed by atoms with van der Waals surface area (Å²) in [4.78, 5) is 0. The Morgan fingerprint density at radius 3 is 1.64 bits per heavy atom. The average Bonchev–Trinajstić information content (AvgIpc) is 2.72. The first-order valence-electron chi connectivity index (χ1n) is 5.28. The summed E-state index contributed by atoms with van der Waals surface area (Å²) in [5.41, 5.74) is 0. The molecule has 0 N–H and O–H groups in total. The van der Waals surface area contributed by atoms with Crippen LogP contribution in [0.5, 0.6) is 0 Å². The fourth-order valence-electron chi connectivity index (χ4n) is 4.04. The van der Waals surface area contributed by atoms with Crippen LogP contribution in [0.2, 0.25) is 0 Å². The van der Waals surface area contributed by atoms with Gasteiger partial charge in [-0.25, -0.2) is 0 Å². The van der Waals surface area contributed by atoms with Gasteiger partial charge in [0.15, 0.2) is 0 Å². The molecule has 1 spiro atoms. The monoisotopic (exact) mass is 152 g/mol. The molecular formula is C10H18N+. The lowest BCUT2D eigenvalue weighted by molar-refractivity contribution is -0.937. The molecule has 0 amide bonds. The van der Waals surface area contributed by atoms with E-state index in [0.717, 1.165) is 12.1 Å². The van der Waals surface area contributed by atoms with Gasteiger partial charge in [-0.15, -0.1) is 0 Å². The molecular weight excluding hydrogens is 134 g/mol. The second kappa shape index (κ2) is 2.01. The number of hydrogen-bond donors (Lipinski definition) is 0. The van der Waals surface area contributed by atoms with Gasteiger partial charge >= 0.3 is 0 Å². The highest BCUT2D eigenvalue weighted by molar-refractivity contribution is 4.86. The molecule has 3 fully saturated rings. The van der Waals surface area contributed by atoms with E-state index in [1.807, 2.05) is 0 Å². The second-order valence-electron chi connectivity index (χ2n) is 4.72. The largest absolute Gasteiger partial charge is 0.319 e. The van der Waals surface area contributed by atoms with Crippen molar-refractivity contribution in [2.24, 2.45) is 0 Å². The summed E-state index contributed by atoms with van der Waals surface area (Å²) < 4.78 is 1.58. The Hall–Kier alpha value is -0.0400. The van der Waals surface area contributed by atoms with E-state index in [1.54, 1.807) is 30.2 Å². The van der Waals surface area contributed by atoms with Gasteiger partial charge in [-0.3, -0.25) is 0 Å². The molecule has 62 valence electrons. The molecule has 3 aliphatic rings. The first-order valence-corrected chi connectivity index (χ1v) is 5.28. The second-order valence-corrected chi connectivity index (χ2v) is 4.72. The summed E-state index contributed by atoms with van der Waals surface area (Å²) in [6, 6.07) is 2.23. The Kier molecular flexibility index (Phi) is 1.18. The summed E-state index contributed by atoms with van der Waals surface area (Å²) in [6.07, 6.45) is 9.28. The van der Waals surface area contributed by atoms with Crippen LogP contribution >= 0.6 is 0 Å². The Morgan fingerprint density at radius 2 is 1.18 bits per heavy atom. The van der Waals surface area contributed by atoms with Crippen molar-refractivity contribution in [2.45, 2.75) is 50.6 Å². The lowest BCUT2D eigenvalue weighted by Gasteiger charge is -2.35. The summed E-state index contributed by atoms with van der Waals surface area (Å²) in [6.45, 7) is 3.07. The molecule has 0 radical (unpaired) electrons. The molecule has 0 aliphatic carbocycles. The Morgan fingerprint density at radius 1 is 0.727 bits per heavy atom. The molecule has 0 aromatic rings. The predicted octanol–water partition coefficient (Wildman–Crippen LogP) is 1.92. The molecule has 3 aliphatic heterocycles. The van der Waals surface area contributed by atoms with Crippen molar-refractivity contribution in [2.75, 3.05) is 13.1 Å². The van der Waals surface area contributed by atoms with E-state index in [4.69, 9.17) is 0 Å². The number of hydrogen-bond acceptors (Lipinski definition) is 0. The van der Waals surface area contributed by atoms with Gasteiger partial charge in [0.25, 0.3) is 0 Å². The highest BCUT2D eigenvalue weighted by atomic mass is 15.4. The topological polar surface area (TPSA) is 0 Å². The van der Waals surface area contributed by atoms with Crippen LogP contribution in [0, 0.1) is 0 Å². The zero-order chi connectivity index (χ0) is 7.31. The zero-order valence-corrected chi connectivity index (χ0v) is 7.26. The molecule has 1 nitrogen and oxygen atoms in total. The van der Waals surface area contributed by atoms with E-state index < -0.39 is 0 Å². The fraction of sp³-hybridized carbons (Fsp3) is 1.00. The third-order valence-electron chi connectivity index (χ3n) is 4.52. The van der Waals surface area contributed by atoms with Crippen molar-refractivity contribution in [1.82, 2.24) is 0 Å². The van der Waals surface area contributed by atoms with E-state index in [2.05, 4.69) is 0 Å². The molecule has 3 saturated heterocycles. The maximum absolute atomic E-state index is 1.58. The van der Waals surface area contributed by atoms with Crippen LogP contribution < -0.4 is 0 Å². The van der Waals surface area contributed by atoms with Gasteiger partial charge in [0.05, 0.1) is 25.2 Å². The third-order valence-corrected chi connectivity index (χ3v) is 4.52. The van der Waals surface area contributed by atoms with Crippen LogP contribution in [0.1, 0.15) is 38.5 Å². The summed E-state index contributed by atoms with van der Waals surface area (Å²) in [5.74, 6) is 0. The summed E-state index contributed by atoms with van der Waals surface area (Å²) >= 11 is 0. The molecule has 0 aromatic heterocycles. The lowest BCUT2D eigenvalue weighted by Crippen LogP contribution is -2.49. The van der Waals surface area contributed by atoms with Crippen molar-refractivity contribution >= 4 is 0 Å². The smallest absolute Gasteiger partial charge is 0.0897 e. The molecule has 0 saturated carbocycles. The zero-order valence-electron chi connectivity index (χ0n) is 7.26. The Labute approximate surface area is 69.0 Å². The van der Waals surface area contributed by atoms with E-state index in [-0.39, 0.29) is 0 Å². The van der Waals surface area contributed by atoms with Crippen molar-refractivity contribution < 1.29 is 4.48 Å². The SMILES string of the molecule is C1CC[N+]2(C1)C1CCC2CC1. The van der Waals surface area contributed by atoms with E-state index in [9.17, 15) is 0 Å². The van der Waals surface area contributed by atoms with E-state index in [0.29, 0.717) is 0 Å². The molecule has 2 bridgehead atoms. The Balaban J connectivity index is 1.95. The average molecular weight is 152 g/mol. The van der Waals surface area contributed by atoms with Gasteiger partial charge in [-0.1, -0.05) is 0 Å². The first kappa shape index (κ1) is 6.47. The van der Waals surface area contributed by atoms with Gasteiger partial charge in [-0.2, -0.15) is 0 Å². The van der Waals surface area contributed by atoms with Crippen molar-refractivity contribution in [3.63, 3.8) is 0 Å². The summed E-state index contributed by atoms with van der Waals surface area (Å²) in [5, 5.41) is 0. The van der Waals surface area contributed by atoms with Crippen molar-refractivity contribution in [3.05, 3.63) is 0 Å². The van der Waals surface area contributed by atoms with Crippen molar-refractivity contribution in [1.29, 1.82) is 0 Å². The minimum absolute atomic E-state index is 1.11. The van der Waals surface area contributed by atoms with Crippen LogP contribution in [0.15, 0.2) is 0 Å². The molecule has 0 unspecified atom stereocenters. The molecule has 11 heavy (non-hydrogen) atoms. The highest BCUT2D eigenvalue weighted by Gasteiger charge is 2.54. The van der Waals surface area contributed by atoms with E-state index >= 15 is 0 Å². The quantitative estimate of drug-likeness (QED) is 0.465. The van der Waals surface area contributed by atoms with Crippen LogP contribution in [-0.2, 0) is 0 Å². The molecule has 0 aromatic carbocycles. The third kappa shape index (κ3) is 0.658. The van der Waals surface area contributed by atoms with Gasteiger partial charge in [0.1, 0.15) is 0 Å². The maximum atomic E-state index is 1.58. The molecule has 0 atom stereocenters. The van der Waals surface area contributed by atoms with Gasteiger partial charge in [0, 0.05) is 38.5 Å². The van der Waals surface area contributed by atoms with Crippen LogP contribution in [-0.4, -0.2) is 29.7 Å². The van der Waals surface area contributed by atoms with Gasteiger partial charge < -0.3 is 4.48 Å². The maximum Gasteiger partial charge on any atom is 0.0897 e. The highest BCUT2D eigenvalue weighted by Crippen LogP contribution is 2.47. The summed E-state index contributed by atoms with van der Waals surface area (Å²) in [7, 11) is 0. The minimum Gasteiger partial charge on any atom is -0.319 e. The first-order chi connectivity index (χ1) is 5.42. The van der Waals surface area contributed by atoms with Gasteiger partial charge in [-0.05, 0) is 0 Å². The van der Waals surface area contributed by atoms with Crippen molar-refractivity contribution in [3.8, 4) is 0 Å². The fourth-order valence-corrected chi connectivity index (χ4v) is 4.04. The minimum atomic E-state index is 1.11.